The van der Waals surface area contributed by atoms with Crippen LogP contribution in [-0.4, -0.2) is 56.5 Å². The van der Waals surface area contributed by atoms with Crippen molar-refractivity contribution in [2.75, 3.05) is 20.0 Å². The Bertz CT molecular complexity index is 1410. The largest absolute Gasteiger partial charge is 0.497 e. The Kier molecular flexibility index (Phi) is 5.37. The number of methoxy groups -OCH3 is 2. The lowest BCUT2D eigenvalue weighted by molar-refractivity contribution is -0.140. The van der Waals surface area contributed by atoms with E-state index in [4.69, 9.17) is 14.2 Å². The summed E-state index contributed by atoms with van der Waals surface area (Å²) in [7, 11) is 3.21. The second-order valence-corrected chi connectivity index (χ2v) is 9.88. The topological polar surface area (TPSA) is 105 Å². The molecule has 0 radical (unpaired) electrons. The van der Waals surface area contributed by atoms with Crippen LogP contribution >= 0.6 is 23.7 Å². The molecule has 0 spiro atoms. The lowest BCUT2D eigenvalue weighted by atomic mass is 9.86. The molecule has 35 heavy (non-hydrogen) atoms. The summed E-state index contributed by atoms with van der Waals surface area (Å²) in [6, 6.07) is 15.0. The maximum Gasteiger partial charge on any atom is 0.342 e. The second-order valence-electron chi connectivity index (χ2n) is 7.88. The number of carbonyl (C=O) groups is 2. The molecule has 2 atom stereocenters. The van der Waals surface area contributed by atoms with Gasteiger partial charge in [-0.3, -0.25) is 4.79 Å². The molecule has 3 aliphatic rings. The van der Waals surface area contributed by atoms with E-state index in [-0.39, 0.29) is 17.6 Å². The summed E-state index contributed by atoms with van der Waals surface area (Å²) in [4.78, 5) is 29.3. The normalized spacial score (nSPS) is 20.9. The quantitative estimate of drug-likeness (QED) is 0.480. The Labute approximate surface area is 208 Å². The summed E-state index contributed by atoms with van der Waals surface area (Å²) in [6.45, 7) is 0. The van der Waals surface area contributed by atoms with Crippen molar-refractivity contribution in [1.82, 2.24) is 14.2 Å². The molecule has 3 aromatic rings. The van der Waals surface area contributed by atoms with Crippen molar-refractivity contribution in [3.05, 3.63) is 65.5 Å². The summed E-state index contributed by atoms with van der Waals surface area (Å²) >= 11 is 2.60. The summed E-state index contributed by atoms with van der Waals surface area (Å²) in [5, 5.41) is 9.33. The zero-order valence-corrected chi connectivity index (χ0v) is 20.3. The van der Waals surface area contributed by atoms with Gasteiger partial charge in [-0.2, -0.15) is 0 Å². The van der Waals surface area contributed by atoms with Crippen LogP contribution in [0.3, 0.4) is 0 Å². The Morgan fingerprint density at radius 2 is 1.60 bits per heavy atom. The standard InChI is InChI=1S/C24H18N4O5S2/c1-31-14-7-3-12(4-8-14)17-18-21-27-26-20(13-5-9-15(32-2)10-6-13)28(21)35-24(18)33-23(30)19(17)22-25-16(29)11-34-22/h3-10,18,24H,11H2,1-2H3. The van der Waals surface area contributed by atoms with Crippen LogP contribution < -0.4 is 9.47 Å². The van der Waals surface area contributed by atoms with Gasteiger partial charge in [-0.25, -0.2) is 13.8 Å². The number of nitrogens with zero attached hydrogens (tertiary/aromatic N) is 4. The number of fused-ring (bicyclic) bond motifs is 3. The lowest BCUT2D eigenvalue weighted by Crippen LogP contribution is -2.31. The van der Waals surface area contributed by atoms with Crippen LogP contribution in [0, 0.1) is 0 Å². The Morgan fingerprint density at radius 1 is 0.943 bits per heavy atom. The van der Waals surface area contributed by atoms with E-state index >= 15 is 0 Å². The molecule has 11 heteroatoms. The minimum atomic E-state index is -0.534. The van der Waals surface area contributed by atoms with Crippen molar-refractivity contribution in [3.8, 4) is 22.9 Å². The molecule has 0 fully saturated rings. The fourth-order valence-corrected chi connectivity index (χ4v) is 6.35. The van der Waals surface area contributed by atoms with Crippen LogP contribution in [0.5, 0.6) is 11.5 Å². The van der Waals surface area contributed by atoms with E-state index in [9.17, 15) is 9.59 Å². The van der Waals surface area contributed by atoms with E-state index in [1.54, 1.807) is 14.2 Å². The van der Waals surface area contributed by atoms with Gasteiger partial charge in [0.1, 0.15) is 16.5 Å². The van der Waals surface area contributed by atoms with Gasteiger partial charge in [-0.15, -0.1) is 10.2 Å². The van der Waals surface area contributed by atoms with Crippen LogP contribution in [0.25, 0.3) is 17.0 Å². The summed E-state index contributed by atoms with van der Waals surface area (Å²) < 4.78 is 18.3. The number of hydrogen-bond donors (Lipinski definition) is 0. The van der Waals surface area contributed by atoms with Crippen LogP contribution in [0.15, 0.2) is 59.1 Å². The fourth-order valence-electron chi connectivity index (χ4n) is 4.30. The van der Waals surface area contributed by atoms with Gasteiger partial charge in [0.25, 0.3) is 5.91 Å². The SMILES string of the molecule is COc1ccc(C2=C(C3=NC(=O)CS3)C(=O)OC3Sn4c(-c5ccc(OC)cc5)nnc4C23)cc1. The third-order valence-corrected chi connectivity index (χ3v) is 8.04. The zero-order chi connectivity index (χ0) is 24.1. The van der Waals surface area contributed by atoms with Gasteiger partial charge >= 0.3 is 5.97 Å². The van der Waals surface area contributed by atoms with E-state index < -0.39 is 11.4 Å². The number of aliphatic imine (C=N–C) groups is 1. The highest BCUT2D eigenvalue weighted by Crippen LogP contribution is 2.52. The third-order valence-electron chi connectivity index (χ3n) is 5.94. The van der Waals surface area contributed by atoms with Crippen molar-refractivity contribution in [2.45, 2.75) is 11.4 Å². The van der Waals surface area contributed by atoms with Gasteiger partial charge < -0.3 is 14.2 Å². The molecule has 2 unspecified atom stereocenters. The van der Waals surface area contributed by atoms with Crippen LogP contribution in [0.4, 0.5) is 0 Å². The molecule has 0 N–H and O–H groups in total. The van der Waals surface area contributed by atoms with Gasteiger partial charge in [0.15, 0.2) is 17.1 Å². The summed E-state index contributed by atoms with van der Waals surface area (Å²) in [6.07, 6.45) is 0. The predicted octanol–water partition coefficient (Wildman–Crippen LogP) is 3.56. The molecule has 2 aromatic carbocycles. The Balaban J connectivity index is 1.51. The van der Waals surface area contributed by atoms with Crippen molar-refractivity contribution in [2.24, 2.45) is 4.99 Å². The van der Waals surface area contributed by atoms with E-state index in [0.29, 0.717) is 28.0 Å². The summed E-state index contributed by atoms with van der Waals surface area (Å²) in [5.74, 6) is 1.78. The highest BCUT2D eigenvalue weighted by atomic mass is 32.2. The number of benzene rings is 2. The third kappa shape index (κ3) is 3.62. The molecule has 4 heterocycles. The van der Waals surface area contributed by atoms with Crippen molar-refractivity contribution in [1.29, 1.82) is 0 Å². The molecule has 0 saturated carbocycles. The second kappa shape index (κ2) is 8.58. The van der Waals surface area contributed by atoms with Gasteiger partial charge in [0, 0.05) is 17.5 Å². The monoisotopic (exact) mass is 506 g/mol. The fraction of sp³-hybridized carbons (Fsp3) is 0.208. The minimum Gasteiger partial charge on any atom is -0.497 e. The highest BCUT2D eigenvalue weighted by molar-refractivity contribution is 8.15. The molecule has 1 aromatic heterocycles. The molecule has 0 bridgehead atoms. The average molecular weight is 507 g/mol. The number of amides is 1. The summed E-state index contributed by atoms with van der Waals surface area (Å²) in [5.41, 5.74) is 2.15. The van der Waals surface area contributed by atoms with E-state index in [1.165, 1.54) is 23.7 Å². The average Bonchev–Trinajstić information content (AvgIpc) is 3.58. The first-order valence-corrected chi connectivity index (χ1v) is 12.5. The van der Waals surface area contributed by atoms with Crippen LogP contribution in [0.1, 0.15) is 17.3 Å². The van der Waals surface area contributed by atoms with Crippen molar-refractivity contribution >= 4 is 46.2 Å². The number of carbonyl (C=O) groups excluding carboxylic acids is 2. The van der Waals surface area contributed by atoms with Crippen LogP contribution in [-0.2, 0) is 14.3 Å². The van der Waals surface area contributed by atoms with Crippen molar-refractivity contribution < 1.29 is 23.8 Å². The first-order chi connectivity index (χ1) is 17.1. The zero-order valence-electron chi connectivity index (χ0n) is 18.6. The molecule has 0 aliphatic carbocycles. The molecular weight excluding hydrogens is 488 g/mol. The first kappa shape index (κ1) is 21.9. The van der Waals surface area contributed by atoms with Crippen molar-refractivity contribution in [3.63, 3.8) is 0 Å². The maximum absolute atomic E-state index is 13.3. The maximum atomic E-state index is 13.3. The molecular formula is C24H18N4O5S2. The molecule has 0 saturated heterocycles. The number of hydrogen-bond acceptors (Lipinski definition) is 9. The molecule has 3 aliphatic heterocycles. The predicted molar refractivity (Wildman–Crippen MR) is 132 cm³/mol. The van der Waals surface area contributed by atoms with E-state index in [1.807, 2.05) is 52.5 Å². The molecule has 176 valence electrons. The molecule has 6 rings (SSSR count). The van der Waals surface area contributed by atoms with Gasteiger partial charge in [0.2, 0.25) is 0 Å². The minimum absolute atomic E-state index is 0.197. The van der Waals surface area contributed by atoms with Gasteiger partial charge in [-0.05, 0) is 47.5 Å². The number of esters is 1. The highest BCUT2D eigenvalue weighted by Gasteiger charge is 2.49. The van der Waals surface area contributed by atoms with E-state index in [2.05, 4.69) is 15.2 Å². The van der Waals surface area contributed by atoms with E-state index in [0.717, 1.165) is 22.4 Å². The number of ether oxygens (including phenoxy) is 3. The first-order valence-electron chi connectivity index (χ1n) is 10.7. The van der Waals surface area contributed by atoms with Crippen LogP contribution in [0.2, 0.25) is 0 Å². The number of rotatable bonds is 5. The Morgan fingerprint density at radius 3 is 2.20 bits per heavy atom. The van der Waals surface area contributed by atoms with Gasteiger partial charge in [-0.1, -0.05) is 23.9 Å². The lowest BCUT2D eigenvalue weighted by Gasteiger charge is -2.28. The number of aromatic nitrogens is 3. The molecule has 9 nitrogen and oxygen atoms in total. The van der Waals surface area contributed by atoms with Gasteiger partial charge in [0.05, 0.1) is 31.5 Å². The Hall–Kier alpha value is -3.57. The number of thioether (sulfide) groups is 1. The molecule has 1 amide bonds. The smallest absolute Gasteiger partial charge is 0.342 e.